The largest absolute Gasteiger partial charge is 0.438 e. The Hall–Kier alpha value is -1.99. The normalized spacial score (nSPS) is 11.9. The number of hydrogen-bond donors (Lipinski definition) is 1. The fraction of sp³-hybridized carbons (Fsp3) is 0.154. The van der Waals surface area contributed by atoms with Crippen LogP contribution in [0.5, 0.6) is 11.6 Å². The van der Waals surface area contributed by atoms with Crippen molar-refractivity contribution in [3.05, 3.63) is 56.7 Å². The molecule has 1 atom stereocenters. The molecular formula is C13H11BrN2O4. The van der Waals surface area contributed by atoms with Crippen LogP contribution in [0.1, 0.15) is 18.6 Å². The van der Waals surface area contributed by atoms with E-state index in [0.717, 1.165) is 0 Å². The average Bonchev–Trinajstić information content (AvgIpc) is 2.41. The molecule has 6 nitrogen and oxygen atoms in total. The highest BCUT2D eigenvalue weighted by atomic mass is 79.9. The lowest BCUT2D eigenvalue weighted by atomic mass is 10.2. The number of nitro benzene ring substituents is 1. The van der Waals surface area contributed by atoms with Crippen molar-refractivity contribution in [1.82, 2.24) is 4.98 Å². The molecule has 0 radical (unpaired) electrons. The maximum atomic E-state index is 10.8. The van der Waals surface area contributed by atoms with E-state index >= 15 is 0 Å². The Bertz CT molecular complexity index is 646. The van der Waals surface area contributed by atoms with E-state index in [9.17, 15) is 15.2 Å². The van der Waals surface area contributed by atoms with Crippen molar-refractivity contribution in [2.24, 2.45) is 0 Å². The number of aliphatic hydroxyl groups is 1. The lowest BCUT2D eigenvalue weighted by Crippen LogP contribution is -1.96. The SMILES string of the molecule is CC(O)c1ccnc(Oc2cccc([N+](=O)[O-])c2Br)c1. The van der Waals surface area contributed by atoms with Crippen LogP contribution in [0, 0.1) is 10.1 Å². The van der Waals surface area contributed by atoms with Crippen molar-refractivity contribution >= 4 is 21.6 Å². The zero-order valence-electron chi connectivity index (χ0n) is 10.5. The van der Waals surface area contributed by atoms with Gasteiger partial charge in [-0.05, 0) is 40.5 Å². The summed E-state index contributed by atoms with van der Waals surface area (Å²) in [4.78, 5) is 14.3. The van der Waals surface area contributed by atoms with E-state index in [2.05, 4.69) is 20.9 Å². The van der Waals surface area contributed by atoms with Gasteiger partial charge < -0.3 is 9.84 Å². The molecule has 1 heterocycles. The van der Waals surface area contributed by atoms with Crippen molar-refractivity contribution in [2.75, 3.05) is 0 Å². The first-order chi connectivity index (χ1) is 9.49. The van der Waals surface area contributed by atoms with Gasteiger partial charge in [0.15, 0.2) is 5.75 Å². The zero-order chi connectivity index (χ0) is 14.7. The second kappa shape index (κ2) is 5.98. The van der Waals surface area contributed by atoms with Gasteiger partial charge in [0.2, 0.25) is 5.88 Å². The number of hydrogen-bond acceptors (Lipinski definition) is 5. The molecule has 0 aliphatic heterocycles. The Balaban J connectivity index is 2.33. The van der Waals surface area contributed by atoms with Crippen LogP contribution in [-0.2, 0) is 0 Å². The van der Waals surface area contributed by atoms with Crippen LogP contribution in [0.3, 0.4) is 0 Å². The quantitative estimate of drug-likeness (QED) is 0.679. The number of ether oxygens (including phenoxy) is 1. The maximum Gasteiger partial charge on any atom is 0.287 e. The molecule has 104 valence electrons. The van der Waals surface area contributed by atoms with E-state index in [1.807, 2.05) is 0 Å². The van der Waals surface area contributed by atoms with Gasteiger partial charge in [-0.25, -0.2) is 4.98 Å². The molecule has 1 aromatic heterocycles. The van der Waals surface area contributed by atoms with E-state index in [1.165, 1.54) is 18.3 Å². The van der Waals surface area contributed by atoms with Crippen LogP contribution >= 0.6 is 15.9 Å². The van der Waals surface area contributed by atoms with Crippen LogP contribution in [0.15, 0.2) is 41.0 Å². The van der Waals surface area contributed by atoms with Gasteiger partial charge in [-0.1, -0.05) is 6.07 Å². The van der Waals surface area contributed by atoms with Gasteiger partial charge in [0.1, 0.15) is 4.47 Å². The molecule has 0 aliphatic rings. The molecule has 2 aromatic rings. The number of halogens is 1. The molecule has 2 rings (SSSR count). The smallest absolute Gasteiger partial charge is 0.287 e. The summed E-state index contributed by atoms with van der Waals surface area (Å²) in [6, 6.07) is 7.73. The molecule has 0 saturated carbocycles. The van der Waals surface area contributed by atoms with Gasteiger partial charge in [0.25, 0.3) is 5.69 Å². The number of pyridine rings is 1. The summed E-state index contributed by atoms with van der Waals surface area (Å²) in [5, 5.41) is 20.3. The summed E-state index contributed by atoms with van der Waals surface area (Å²) in [7, 11) is 0. The lowest BCUT2D eigenvalue weighted by Gasteiger charge is -2.09. The minimum atomic E-state index is -0.645. The summed E-state index contributed by atoms with van der Waals surface area (Å²) in [5.41, 5.74) is 0.561. The molecule has 0 spiro atoms. The van der Waals surface area contributed by atoms with Crippen molar-refractivity contribution in [3.63, 3.8) is 0 Å². The highest BCUT2D eigenvalue weighted by molar-refractivity contribution is 9.10. The summed E-state index contributed by atoms with van der Waals surface area (Å²) >= 11 is 3.14. The third-order valence-electron chi connectivity index (χ3n) is 2.60. The van der Waals surface area contributed by atoms with Gasteiger partial charge in [-0.15, -0.1) is 0 Å². The fourth-order valence-corrected chi connectivity index (χ4v) is 2.06. The second-order valence-electron chi connectivity index (χ2n) is 4.05. The molecule has 1 N–H and O–H groups in total. The first-order valence-corrected chi connectivity index (χ1v) is 6.53. The molecule has 0 aliphatic carbocycles. The third-order valence-corrected chi connectivity index (χ3v) is 3.39. The summed E-state index contributed by atoms with van der Waals surface area (Å²) in [6.07, 6.45) is 0.858. The van der Waals surface area contributed by atoms with Crippen LogP contribution in [0.25, 0.3) is 0 Å². The maximum absolute atomic E-state index is 10.8. The Morgan fingerprint density at radius 1 is 1.45 bits per heavy atom. The predicted octanol–water partition coefficient (Wildman–Crippen LogP) is 3.60. The molecule has 0 fully saturated rings. The highest BCUT2D eigenvalue weighted by Gasteiger charge is 2.16. The van der Waals surface area contributed by atoms with E-state index in [4.69, 9.17) is 4.74 Å². The number of benzene rings is 1. The van der Waals surface area contributed by atoms with Crippen molar-refractivity contribution in [3.8, 4) is 11.6 Å². The minimum Gasteiger partial charge on any atom is -0.438 e. The summed E-state index contributed by atoms with van der Waals surface area (Å²) < 4.78 is 5.76. The van der Waals surface area contributed by atoms with E-state index in [1.54, 1.807) is 25.1 Å². The van der Waals surface area contributed by atoms with Crippen LogP contribution in [-0.4, -0.2) is 15.0 Å². The molecule has 1 aromatic carbocycles. The topological polar surface area (TPSA) is 85.5 Å². The average molecular weight is 339 g/mol. The fourth-order valence-electron chi connectivity index (χ4n) is 1.57. The molecule has 7 heteroatoms. The Kier molecular flexibility index (Phi) is 4.31. The number of nitrogens with zero attached hydrogens (tertiary/aromatic N) is 2. The molecule has 20 heavy (non-hydrogen) atoms. The second-order valence-corrected chi connectivity index (χ2v) is 4.84. The van der Waals surface area contributed by atoms with Gasteiger partial charge in [-0.3, -0.25) is 10.1 Å². The first kappa shape index (κ1) is 14.4. The molecule has 1 unspecified atom stereocenters. The summed E-state index contributed by atoms with van der Waals surface area (Å²) in [6.45, 7) is 1.63. The Morgan fingerprint density at radius 2 is 2.20 bits per heavy atom. The predicted molar refractivity (Wildman–Crippen MR) is 75.7 cm³/mol. The highest BCUT2D eigenvalue weighted by Crippen LogP contribution is 2.36. The lowest BCUT2D eigenvalue weighted by molar-refractivity contribution is -0.385. The van der Waals surface area contributed by atoms with Gasteiger partial charge in [0, 0.05) is 18.3 Å². The number of nitro groups is 1. The standard InChI is InChI=1S/C13H11BrN2O4/c1-8(17)9-5-6-15-12(7-9)20-11-4-2-3-10(13(11)14)16(18)19/h2-8,17H,1H3. The molecule has 0 bridgehead atoms. The zero-order valence-corrected chi connectivity index (χ0v) is 12.1. The number of aliphatic hydroxyl groups excluding tert-OH is 1. The summed E-state index contributed by atoms with van der Waals surface area (Å²) in [5.74, 6) is 0.541. The molecular weight excluding hydrogens is 328 g/mol. The minimum absolute atomic E-state index is 0.0887. The van der Waals surface area contributed by atoms with Gasteiger partial charge in [0.05, 0.1) is 11.0 Å². The third kappa shape index (κ3) is 3.12. The van der Waals surface area contributed by atoms with Gasteiger partial charge >= 0.3 is 0 Å². The van der Waals surface area contributed by atoms with E-state index in [-0.39, 0.29) is 21.8 Å². The first-order valence-electron chi connectivity index (χ1n) is 5.74. The van der Waals surface area contributed by atoms with Gasteiger partial charge in [-0.2, -0.15) is 0 Å². The number of aromatic nitrogens is 1. The van der Waals surface area contributed by atoms with Crippen LogP contribution in [0.4, 0.5) is 5.69 Å². The Labute approximate surface area is 123 Å². The monoisotopic (exact) mass is 338 g/mol. The molecule has 0 saturated heterocycles. The van der Waals surface area contributed by atoms with Crippen LogP contribution < -0.4 is 4.74 Å². The van der Waals surface area contributed by atoms with E-state index < -0.39 is 11.0 Å². The van der Waals surface area contributed by atoms with Crippen molar-refractivity contribution < 1.29 is 14.8 Å². The van der Waals surface area contributed by atoms with Crippen molar-refractivity contribution in [1.29, 1.82) is 0 Å². The van der Waals surface area contributed by atoms with Crippen LogP contribution in [0.2, 0.25) is 0 Å². The van der Waals surface area contributed by atoms with E-state index in [0.29, 0.717) is 5.56 Å². The van der Waals surface area contributed by atoms with Crippen molar-refractivity contribution in [2.45, 2.75) is 13.0 Å². The molecule has 0 amide bonds. The number of rotatable bonds is 4. The Morgan fingerprint density at radius 3 is 2.85 bits per heavy atom.